The smallest absolute Gasteiger partial charge is 0.182 e. The number of pyridine rings is 1. The normalized spacial score (nSPS) is 11.4. The maximum Gasteiger partial charge on any atom is 0.182 e. The van der Waals surface area contributed by atoms with E-state index in [-0.39, 0.29) is 0 Å². The van der Waals surface area contributed by atoms with Crippen molar-refractivity contribution in [2.45, 2.75) is 20.8 Å². The van der Waals surface area contributed by atoms with E-state index in [1.807, 2.05) is 67.8 Å². The number of imidazole rings is 1. The van der Waals surface area contributed by atoms with Gasteiger partial charge in [0.25, 0.3) is 0 Å². The molecule has 0 spiro atoms. The van der Waals surface area contributed by atoms with Gasteiger partial charge in [-0.1, -0.05) is 0 Å². The largest absolute Gasteiger partial charge is 0.494 e. The molecule has 2 heterocycles. The molecular formula is C17H18N4O. The van der Waals surface area contributed by atoms with E-state index in [4.69, 9.17) is 4.74 Å². The molecule has 3 aromatic rings. The van der Waals surface area contributed by atoms with Crippen LogP contribution in [-0.4, -0.2) is 16.0 Å². The highest BCUT2D eigenvalue weighted by atomic mass is 16.5. The number of hydrogen-bond donors (Lipinski definition) is 0. The van der Waals surface area contributed by atoms with Crippen LogP contribution in [0.25, 0.3) is 5.65 Å². The third kappa shape index (κ3) is 2.83. The van der Waals surface area contributed by atoms with Gasteiger partial charge in [0.1, 0.15) is 11.4 Å². The van der Waals surface area contributed by atoms with Crippen molar-refractivity contribution in [1.82, 2.24) is 9.38 Å². The third-order valence-corrected chi connectivity index (χ3v) is 3.33. The zero-order valence-corrected chi connectivity index (χ0v) is 12.9. The van der Waals surface area contributed by atoms with Crippen molar-refractivity contribution in [3.8, 4) is 5.75 Å². The van der Waals surface area contributed by atoms with Crippen LogP contribution >= 0.6 is 0 Å². The highest BCUT2D eigenvalue weighted by molar-refractivity contribution is 5.53. The van der Waals surface area contributed by atoms with Crippen LogP contribution < -0.4 is 4.74 Å². The Labute approximate surface area is 129 Å². The average molecular weight is 294 g/mol. The molecule has 0 saturated heterocycles. The molecule has 0 unspecified atom stereocenters. The second-order valence-corrected chi connectivity index (χ2v) is 5.08. The summed E-state index contributed by atoms with van der Waals surface area (Å²) in [6.07, 6.45) is 1.97. The Balaban J connectivity index is 1.90. The molecule has 0 saturated carbocycles. The Bertz CT molecular complexity index is 819. The molecular weight excluding hydrogens is 276 g/mol. The first kappa shape index (κ1) is 14.3. The summed E-state index contributed by atoms with van der Waals surface area (Å²) in [7, 11) is 0. The van der Waals surface area contributed by atoms with E-state index >= 15 is 0 Å². The first-order chi connectivity index (χ1) is 10.7. The molecule has 0 amide bonds. The van der Waals surface area contributed by atoms with Gasteiger partial charge in [0.05, 0.1) is 18.0 Å². The van der Waals surface area contributed by atoms with Crippen LogP contribution in [0.5, 0.6) is 5.75 Å². The van der Waals surface area contributed by atoms with Gasteiger partial charge in [0, 0.05) is 6.20 Å². The predicted molar refractivity (Wildman–Crippen MR) is 86.5 cm³/mol. The van der Waals surface area contributed by atoms with E-state index in [1.165, 1.54) is 5.56 Å². The standard InChI is InChI=1S/C17H18N4O/c1-4-22-15-7-5-14(6-8-15)19-20-17-13(3)18-16-11-12(2)9-10-21(16)17/h5-11H,4H2,1-3H3. The minimum Gasteiger partial charge on any atom is -0.494 e. The van der Waals surface area contributed by atoms with Crippen molar-refractivity contribution in [2.75, 3.05) is 6.61 Å². The lowest BCUT2D eigenvalue weighted by molar-refractivity contribution is 0.340. The minimum absolute atomic E-state index is 0.654. The number of benzene rings is 1. The lowest BCUT2D eigenvalue weighted by Crippen LogP contribution is -1.89. The van der Waals surface area contributed by atoms with Gasteiger partial charge in [0.15, 0.2) is 5.82 Å². The Morgan fingerprint density at radius 1 is 1.09 bits per heavy atom. The van der Waals surface area contributed by atoms with Crippen LogP contribution in [0.1, 0.15) is 18.2 Å². The minimum atomic E-state index is 0.654. The van der Waals surface area contributed by atoms with E-state index in [1.54, 1.807) is 0 Å². The van der Waals surface area contributed by atoms with Crippen LogP contribution in [0.3, 0.4) is 0 Å². The van der Waals surface area contributed by atoms with E-state index in [0.29, 0.717) is 6.61 Å². The Morgan fingerprint density at radius 2 is 1.86 bits per heavy atom. The van der Waals surface area contributed by atoms with Gasteiger partial charge in [-0.05, 0) is 62.7 Å². The molecule has 0 aliphatic rings. The number of ether oxygens (including phenoxy) is 1. The Morgan fingerprint density at radius 3 is 2.59 bits per heavy atom. The summed E-state index contributed by atoms with van der Waals surface area (Å²) in [5.41, 5.74) is 3.70. The maximum atomic E-state index is 5.41. The van der Waals surface area contributed by atoms with Gasteiger partial charge in [-0.15, -0.1) is 10.2 Å². The molecule has 5 heteroatoms. The zero-order chi connectivity index (χ0) is 15.5. The topological polar surface area (TPSA) is 51.2 Å². The van der Waals surface area contributed by atoms with Gasteiger partial charge < -0.3 is 4.74 Å². The van der Waals surface area contributed by atoms with Crippen molar-refractivity contribution in [2.24, 2.45) is 10.2 Å². The molecule has 0 aliphatic carbocycles. The molecule has 0 bridgehead atoms. The van der Waals surface area contributed by atoms with Crippen molar-refractivity contribution in [3.63, 3.8) is 0 Å². The fourth-order valence-electron chi connectivity index (χ4n) is 2.25. The van der Waals surface area contributed by atoms with Gasteiger partial charge in [-0.25, -0.2) is 4.98 Å². The highest BCUT2D eigenvalue weighted by Gasteiger charge is 2.07. The summed E-state index contributed by atoms with van der Waals surface area (Å²) in [6, 6.07) is 11.6. The van der Waals surface area contributed by atoms with E-state index in [0.717, 1.165) is 28.6 Å². The van der Waals surface area contributed by atoms with Gasteiger partial charge in [0.2, 0.25) is 0 Å². The molecule has 3 rings (SSSR count). The molecule has 0 radical (unpaired) electrons. The molecule has 5 nitrogen and oxygen atoms in total. The summed E-state index contributed by atoms with van der Waals surface area (Å²) in [5.74, 6) is 1.59. The van der Waals surface area contributed by atoms with Crippen LogP contribution in [-0.2, 0) is 0 Å². The maximum absolute atomic E-state index is 5.41. The van der Waals surface area contributed by atoms with E-state index in [9.17, 15) is 0 Å². The van der Waals surface area contributed by atoms with Crippen LogP contribution in [0.2, 0.25) is 0 Å². The number of fused-ring (bicyclic) bond motifs is 1. The number of rotatable bonds is 4. The summed E-state index contributed by atoms with van der Waals surface area (Å²) in [4.78, 5) is 4.51. The molecule has 2 aromatic heterocycles. The number of hydrogen-bond acceptors (Lipinski definition) is 4. The first-order valence-electron chi connectivity index (χ1n) is 7.27. The third-order valence-electron chi connectivity index (χ3n) is 3.33. The summed E-state index contributed by atoms with van der Waals surface area (Å²) in [5, 5.41) is 8.65. The van der Waals surface area contributed by atoms with Gasteiger partial charge >= 0.3 is 0 Å². The molecule has 0 atom stereocenters. The van der Waals surface area contributed by atoms with E-state index in [2.05, 4.69) is 15.2 Å². The highest BCUT2D eigenvalue weighted by Crippen LogP contribution is 2.25. The zero-order valence-electron chi connectivity index (χ0n) is 12.9. The van der Waals surface area contributed by atoms with Crippen molar-refractivity contribution < 1.29 is 4.74 Å². The van der Waals surface area contributed by atoms with Crippen LogP contribution in [0.15, 0.2) is 52.8 Å². The van der Waals surface area contributed by atoms with Crippen molar-refractivity contribution in [1.29, 1.82) is 0 Å². The van der Waals surface area contributed by atoms with Crippen molar-refractivity contribution in [3.05, 3.63) is 53.9 Å². The Hall–Kier alpha value is -2.69. The second kappa shape index (κ2) is 5.97. The number of azo groups is 1. The SMILES string of the molecule is CCOc1ccc(N=Nc2c(C)nc3cc(C)ccn23)cc1. The monoisotopic (exact) mass is 294 g/mol. The summed E-state index contributed by atoms with van der Waals surface area (Å²) < 4.78 is 7.36. The van der Waals surface area contributed by atoms with Gasteiger partial charge in [-0.2, -0.15) is 0 Å². The summed E-state index contributed by atoms with van der Waals surface area (Å²) in [6.45, 7) is 6.60. The number of aryl methyl sites for hydroxylation is 2. The van der Waals surface area contributed by atoms with Crippen molar-refractivity contribution >= 4 is 17.2 Å². The second-order valence-electron chi connectivity index (χ2n) is 5.08. The molecule has 1 aromatic carbocycles. The molecule has 112 valence electrons. The Kier molecular flexibility index (Phi) is 3.87. The first-order valence-corrected chi connectivity index (χ1v) is 7.27. The van der Waals surface area contributed by atoms with Crippen LogP contribution in [0.4, 0.5) is 11.5 Å². The molecule has 0 aliphatic heterocycles. The lowest BCUT2D eigenvalue weighted by atomic mass is 10.3. The molecule has 0 fully saturated rings. The fraction of sp³-hybridized carbons (Fsp3) is 0.235. The number of nitrogens with zero attached hydrogens (tertiary/aromatic N) is 4. The molecule has 0 N–H and O–H groups in total. The van der Waals surface area contributed by atoms with E-state index < -0.39 is 0 Å². The van der Waals surface area contributed by atoms with Gasteiger partial charge in [-0.3, -0.25) is 4.40 Å². The number of aromatic nitrogens is 2. The summed E-state index contributed by atoms with van der Waals surface area (Å²) >= 11 is 0. The lowest BCUT2D eigenvalue weighted by Gasteiger charge is -2.01. The predicted octanol–water partition coefficient (Wildman–Crippen LogP) is 4.77. The van der Waals surface area contributed by atoms with Crippen LogP contribution in [0, 0.1) is 13.8 Å². The average Bonchev–Trinajstić information content (AvgIpc) is 2.81. The fourth-order valence-corrected chi connectivity index (χ4v) is 2.25. The molecule has 22 heavy (non-hydrogen) atoms. The quantitative estimate of drug-likeness (QED) is 0.651.